The fourth-order valence-electron chi connectivity index (χ4n) is 3.22. The van der Waals surface area contributed by atoms with Crippen LogP contribution in [0.25, 0.3) is 0 Å². The summed E-state index contributed by atoms with van der Waals surface area (Å²) in [7, 11) is 4.13. The molecule has 0 spiro atoms. The van der Waals surface area contributed by atoms with E-state index in [1.165, 1.54) is 57.7 Å². The first-order valence-corrected chi connectivity index (χ1v) is 10.3. The van der Waals surface area contributed by atoms with Crippen molar-refractivity contribution in [2.45, 2.75) is 31.4 Å². The van der Waals surface area contributed by atoms with Gasteiger partial charge < -0.3 is 20.0 Å². The first kappa shape index (κ1) is 22.3. The minimum atomic E-state index is 0. The molecule has 0 aromatic heterocycles. The van der Waals surface area contributed by atoms with E-state index < -0.39 is 0 Å². The Bertz CT molecular complexity index is 361. The van der Waals surface area contributed by atoms with Crippen LogP contribution >= 0.6 is 35.7 Å². The van der Waals surface area contributed by atoms with E-state index in [9.17, 15) is 0 Å². The number of piperazine rings is 1. The summed E-state index contributed by atoms with van der Waals surface area (Å²) in [5.74, 6) is 2.33. The van der Waals surface area contributed by atoms with Crippen molar-refractivity contribution in [2.75, 3.05) is 72.2 Å². The Hall–Kier alpha value is 0.270. The van der Waals surface area contributed by atoms with E-state index in [0.717, 1.165) is 30.8 Å². The predicted octanol–water partition coefficient (Wildman–Crippen LogP) is 2.03. The van der Waals surface area contributed by atoms with Crippen LogP contribution in [0.3, 0.4) is 0 Å². The standard InChI is InChI=1S/C17H35N5S.HI/c1-4-16-15-22(13-14-23-16)17(18-2)19-7-5-6-8-21-11-9-20(3)10-12-21;/h16H,4-15H2,1-3H3,(H,18,19);1H. The Morgan fingerprint density at radius 1 is 1.17 bits per heavy atom. The minimum Gasteiger partial charge on any atom is -0.356 e. The fraction of sp³-hybridized carbons (Fsp3) is 0.941. The molecule has 1 N–H and O–H groups in total. The molecule has 0 aliphatic carbocycles. The lowest BCUT2D eigenvalue weighted by atomic mass is 10.2. The van der Waals surface area contributed by atoms with Gasteiger partial charge in [0.05, 0.1) is 0 Å². The third kappa shape index (κ3) is 7.66. The molecule has 0 bridgehead atoms. The number of unbranched alkanes of at least 4 members (excludes halogenated alkanes) is 1. The molecule has 0 radical (unpaired) electrons. The Morgan fingerprint density at radius 3 is 2.58 bits per heavy atom. The van der Waals surface area contributed by atoms with E-state index in [-0.39, 0.29) is 24.0 Å². The smallest absolute Gasteiger partial charge is 0.193 e. The van der Waals surface area contributed by atoms with Crippen LogP contribution in [-0.2, 0) is 0 Å². The summed E-state index contributed by atoms with van der Waals surface area (Å²) < 4.78 is 0. The van der Waals surface area contributed by atoms with Crippen molar-refractivity contribution in [1.82, 2.24) is 20.0 Å². The van der Waals surface area contributed by atoms with E-state index in [4.69, 9.17) is 0 Å². The minimum absolute atomic E-state index is 0. The molecule has 1 unspecified atom stereocenters. The topological polar surface area (TPSA) is 34.1 Å². The predicted molar refractivity (Wildman–Crippen MR) is 118 cm³/mol. The second-order valence-electron chi connectivity index (χ2n) is 6.67. The van der Waals surface area contributed by atoms with Crippen molar-refractivity contribution < 1.29 is 0 Å². The van der Waals surface area contributed by atoms with Crippen LogP contribution in [0.1, 0.15) is 26.2 Å². The summed E-state index contributed by atoms with van der Waals surface area (Å²) in [5.41, 5.74) is 0. The summed E-state index contributed by atoms with van der Waals surface area (Å²) in [4.78, 5) is 11.9. The van der Waals surface area contributed by atoms with Gasteiger partial charge in [0, 0.05) is 63.9 Å². The molecule has 0 amide bonds. The lowest BCUT2D eigenvalue weighted by Crippen LogP contribution is -2.48. The van der Waals surface area contributed by atoms with E-state index in [2.05, 4.69) is 50.7 Å². The fourth-order valence-corrected chi connectivity index (χ4v) is 4.40. The van der Waals surface area contributed by atoms with Gasteiger partial charge in [-0.1, -0.05) is 6.92 Å². The number of nitrogens with one attached hydrogen (secondary N) is 1. The van der Waals surface area contributed by atoms with Crippen molar-refractivity contribution in [3.63, 3.8) is 0 Å². The molecule has 24 heavy (non-hydrogen) atoms. The monoisotopic (exact) mass is 469 g/mol. The SMILES string of the molecule is CCC1CN(C(=NC)NCCCCN2CCN(C)CC2)CCS1.I. The zero-order chi connectivity index (χ0) is 16.5. The highest BCUT2D eigenvalue weighted by atomic mass is 127. The molecule has 2 heterocycles. The number of hydrogen-bond acceptors (Lipinski definition) is 4. The van der Waals surface area contributed by atoms with E-state index >= 15 is 0 Å². The van der Waals surface area contributed by atoms with Gasteiger partial charge in [0.15, 0.2) is 5.96 Å². The molecule has 2 saturated heterocycles. The molecule has 0 aromatic carbocycles. The van der Waals surface area contributed by atoms with Crippen LogP contribution in [0, 0.1) is 0 Å². The highest BCUT2D eigenvalue weighted by Crippen LogP contribution is 2.20. The second-order valence-corrected chi connectivity index (χ2v) is 8.08. The molecule has 1 atom stereocenters. The summed E-state index contributed by atoms with van der Waals surface area (Å²) >= 11 is 2.11. The Balaban J connectivity index is 0.00000288. The van der Waals surface area contributed by atoms with Crippen LogP contribution in [0.5, 0.6) is 0 Å². The van der Waals surface area contributed by atoms with Gasteiger partial charge >= 0.3 is 0 Å². The third-order valence-corrected chi connectivity index (χ3v) is 6.26. The highest BCUT2D eigenvalue weighted by Gasteiger charge is 2.21. The molecular weight excluding hydrogens is 433 g/mol. The summed E-state index contributed by atoms with van der Waals surface area (Å²) in [5, 5.41) is 4.33. The first-order valence-electron chi connectivity index (χ1n) is 9.21. The average Bonchev–Trinajstić information content (AvgIpc) is 2.59. The van der Waals surface area contributed by atoms with Gasteiger partial charge in [0.25, 0.3) is 0 Å². The zero-order valence-electron chi connectivity index (χ0n) is 15.7. The maximum Gasteiger partial charge on any atom is 0.193 e. The van der Waals surface area contributed by atoms with Crippen LogP contribution < -0.4 is 5.32 Å². The van der Waals surface area contributed by atoms with Gasteiger partial charge in [-0.05, 0) is 32.9 Å². The van der Waals surface area contributed by atoms with Crippen molar-refractivity contribution in [1.29, 1.82) is 0 Å². The third-order valence-electron chi connectivity index (χ3n) is 4.89. The normalized spacial score (nSPS) is 23.9. The summed E-state index contributed by atoms with van der Waals surface area (Å²) in [6, 6.07) is 0. The number of nitrogens with zero attached hydrogens (tertiary/aromatic N) is 4. The van der Waals surface area contributed by atoms with Gasteiger partial charge in [-0.25, -0.2) is 0 Å². The molecule has 142 valence electrons. The molecule has 2 rings (SSSR count). The average molecular weight is 469 g/mol. The summed E-state index contributed by atoms with van der Waals surface area (Å²) in [6.45, 7) is 11.7. The number of guanidine groups is 1. The quantitative estimate of drug-likeness (QED) is 0.279. The molecule has 0 aromatic rings. The number of thioether (sulfide) groups is 1. The second kappa shape index (κ2) is 12.6. The molecule has 5 nitrogen and oxygen atoms in total. The number of likely N-dealkylation sites (N-methyl/N-ethyl adjacent to an activating group) is 1. The highest BCUT2D eigenvalue weighted by molar-refractivity contribution is 14.0. The molecular formula is C17H36IN5S. The number of halogens is 1. The maximum atomic E-state index is 4.48. The van der Waals surface area contributed by atoms with Gasteiger partial charge in [-0.3, -0.25) is 4.99 Å². The molecule has 7 heteroatoms. The first-order chi connectivity index (χ1) is 11.2. The van der Waals surface area contributed by atoms with Crippen LogP contribution in [0.15, 0.2) is 4.99 Å². The summed E-state index contributed by atoms with van der Waals surface area (Å²) in [6.07, 6.45) is 3.76. The van der Waals surface area contributed by atoms with Crippen molar-refractivity contribution in [2.24, 2.45) is 4.99 Å². The molecule has 2 aliphatic rings. The lowest BCUT2D eigenvalue weighted by Gasteiger charge is -2.34. The van der Waals surface area contributed by atoms with Crippen LogP contribution in [0.4, 0.5) is 0 Å². The Labute approximate surface area is 170 Å². The van der Waals surface area contributed by atoms with Gasteiger partial charge in [0.1, 0.15) is 0 Å². The van der Waals surface area contributed by atoms with Gasteiger partial charge in [-0.15, -0.1) is 24.0 Å². The number of rotatable bonds is 6. The largest absolute Gasteiger partial charge is 0.356 e. The Morgan fingerprint density at radius 2 is 1.92 bits per heavy atom. The number of hydrogen-bond donors (Lipinski definition) is 1. The van der Waals surface area contributed by atoms with Gasteiger partial charge in [0.2, 0.25) is 0 Å². The van der Waals surface area contributed by atoms with E-state index in [1.807, 2.05) is 7.05 Å². The van der Waals surface area contributed by atoms with Gasteiger partial charge in [-0.2, -0.15) is 11.8 Å². The van der Waals surface area contributed by atoms with Crippen LogP contribution in [-0.4, -0.2) is 98.1 Å². The molecule has 0 saturated carbocycles. The lowest BCUT2D eigenvalue weighted by molar-refractivity contribution is 0.152. The van der Waals surface area contributed by atoms with Crippen molar-refractivity contribution >= 4 is 41.7 Å². The van der Waals surface area contributed by atoms with Crippen LogP contribution in [0.2, 0.25) is 0 Å². The molecule has 2 fully saturated rings. The zero-order valence-corrected chi connectivity index (χ0v) is 18.8. The number of aliphatic imine (C=N–C) groups is 1. The maximum absolute atomic E-state index is 4.48. The van der Waals surface area contributed by atoms with Crippen molar-refractivity contribution in [3.8, 4) is 0 Å². The Kier molecular flexibility index (Phi) is 11.7. The molecule has 2 aliphatic heterocycles. The van der Waals surface area contributed by atoms with E-state index in [0.29, 0.717) is 0 Å². The van der Waals surface area contributed by atoms with Crippen molar-refractivity contribution in [3.05, 3.63) is 0 Å². The van der Waals surface area contributed by atoms with E-state index in [1.54, 1.807) is 0 Å².